The van der Waals surface area contributed by atoms with Crippen LogP contribution in [0.5, 0.6) is 0 Å². The van der Waals surface area contributed by atoms with Gasteiger partial charge in [-0.15, -0.1) is 0 Å². The highest BCUT2D eigenvalue weighted by Gasteiger charge is 2.47. The summed E-state index contributed by atoms with van der Waals surface area (Å²) in [4.78, 5) is 14.6. The van der Waals surface area contributed by atoms with Crippen LogP contribution in [0.3, 0.4) is 0 Å². The molecule has 1 aliphatic carbocycles. The van der Waals surface area contributed by atoms with Crippen LogP contribution >= 0.6 is 0 Å². The van der Waals surface area contributed by atoms with E-state index in [0.717, 1.165) is 32.0 Å². The van der Waals surface area contributed by atoms with E-state index in [1.807, 2.05) is 0 Å². The largest absolute Gasteiger partial charge is 0.416 e. The van der Waals surface area contributed by atoms with E-state index in [-0.39, 0.29) is 23.3 Å². The van der Waals surface area contributed by atoms with Crippen molar-refractivity contribution in [2.24, 2.45) is 5.92 Å². The van der Waals surface area contributed by atoms with Gasteiger partial charge in [0.25, 0.3) is 0 Å². The fourth-order valence-electron chi connectivity index (χ4n) is 3.80. The SMILES string of the molecule is CCN1CCCC1CNC(=O)C1CC1c1ccccc1C(F)(F)F. The van der Waals surface area contributed by atoms with Crippen molar-refractivity contribution in [3.05, 3.63) is 35.4 Å². The number of carbonyl (C=O) groups is 1. The van der Waals surface area contributed by atoms with Gasteiger partial charge in [-0.25, -0.2) is 0 Å². The molecule has 3 unspecified atom stereocenters. The van der Waals surface area contributed by atoms with Gasteiger partial charge in [0.05, 0.1) is 5.56 Å². The fraction of sp³-hybridized carbons (Fsp3) is 0.611. The predicted molar refractivity (Wildman–Crippen MR) is 85.6 cm³/mol. The number of carbonyl (C=O) groups excluding carboxylic acids is 1. The van der Waals surface area contributed by atoms with E-state index in [2.05, 4.69) is 17.1 Å². The standard InChI is InChI=1S/C18H23F3N2O/c1-2-23-9-5-6-12(23)11-22-17(24)15-10-14(15)13-7-3-4-8-16(13)18(19,20)21/h3-4,7-8,12,14-15H,2,5-6,9-11H2,1H3,(H,22,24). The maximum absolute atomic E-state index is 13.1. The Bertz CT molecular complexity index is 602. The lowest BCUT2D eigenvalue weighted by Crippen LogP contribution is -2.40. The zero-order valence-electron chi connectivity index (χ0n) is 13.8. The van der Waals surface area contributed by atoms with E-state index in [0.29, 0.717) is 19.0 Å². The molecular weight excluding hydrogens is 317 g/mol. The van der Waals surface area contributed by atoms with Gasteiger partial charge >= 0.3 is 6.18 Å². The first kappa shape index (κ1) is 17.3. The second-order valence-corrected chi connectivity index (χ2v) is 6.70. The lowest BCUT2D eigenvalue weighted by atomic mass is 10.0. The summed E-state index contributed by atoms with van der Waals surface area (Å²) in [5.41, 5.74) is -0.362. The average Bonchev–Trinajstić information content (AvgIpc) is 3.22. The van der Waals surface area contributed by atoms with Crippen LogP contribution in [-0.4, -0.2) is 36.5 Å². The average molecular weight is 340 g/mol. The van der Waals surface area contributed by atoms with Crippen LogP contribution in [0.1, 0.15) is 43.2 Å². The summed E-state index contributed by atoms with van der Waals surface area (Å²) in [6.07, 6.45) is -1.66. The van der Waals surface area contributed by atoms with Crippen LogP contribution in [0.4, 0.5) is 13.2 Å². The van der Waals surface area contributed by atoms with Crippen LogP contribution in [-0.2, 0) is 11.0 Å². The number of amides is 1. The minimum absolute atomic E-state index is 0.111. The first-order valence-electron chi connectivity index (χ1n) is 8.59. The molecule has 1 saturated carbocycles. The number of hydrogen-bond acceptors (Lipinski definition) is 2. The normalized spacial score (nSPS) is 27.2. The Kier molecular flexibility index (Phi) is 4.85. The maximum Gasteiger partial charge on any atom is 0.416 e. The Balaban J connectivity index is 1.58. The van der Waals surface area contributed by atoms with Crippen molar-refractivity contribution in [1.29, 1.82) is 0 Å². The molecule has 1 aliphatic heterocycles. The van der Waals surface area contributed by atoms with Crippen molar-refractivity contribution in [3.8, 4) is 0 Å². The lowest BCUT2D eigenvalue weighted by molar-refractivity contribution is -0.138. The van der Waals surface area contributed by atoms with E-state index >= 15 is 0 Å². The first-order chi connectivity index (χ1) is 11.4. The van der Waals surface area contributed by atoms with Crippen molar-refractivity contribution >= 4 is 5.91 Å². The van der Waals surface area contributed by atoms with E-state index < -0.39 is 11.7 Å². The van der Waals surface area contributed by atoms with E-state index in [4.69, 9.17) is 0 Å². The summed E-state index contributed by atoms with van der Waals surface area (Å²) in [5, 5.41) is 2.95. The number of nitrogens with one attached hydrogen (secondary N) is 1. The number of alkyl halides is 3. The fourth-order valence-corrected chi connectivity index (χ4v) is 3.80. The number of halogens is 3. The summed E-state index contributed by atoms with van der Waals surface area (Å²) in [7, 11) is 0. The molecule has 6 heteroatoms. The molecule has 1 amide bonds. The van der Waals surface area contributed by atoms with E-state index in [1.165, 1.54) is 12.1 Å². The van der Waals surface area contributed by atoms with Crippen LogP contribution in [0.15, 0.2) is 24.3 Å². The molecule has 2 aliphatic rings. The predicted octanol–water partition coefficient (Wildman–Crippen LogP) is 3.41. The zero-order chi connectivity index (χ0) is 17.3. The number of benzene rings is 1. The van der Waals surface area contributed by atoms with Crippen molar-refractivity contribution in [1.82, 2.24) is 10.2 Å². The Morgan fingerprint density at radius 3 is 2.79 bits per heavy atom. The molecule has 0 aromatic heterocycles. The highest BCUT2D eigenvalue weighted by Crippen LogP contribution is 2.51. The van der Waals surface area contributed by atoms with Gasteiger partial charge in [-0.2, -0.15) is 13.2 Å². The summed E-state index contributed by atoms with van der Waals surface area (Å²) in [6, 6.07) is 5.95. The molecule has 2 fully saturated rings. The molecule has 1 aromatic carbocycles. The van der Waals surface area contributed by atoms with E-state index in [9.17, 15) is 18.0 Å². The number of likely N-dealkylation sites (tertiary alicyclic amines) is 1. The molecule has 3 rings (SSSR count). The first-order valence-corrected chi connectivity index (χ1v) is 8.59. The Morgan fingerprint density at radius 1 is 1.33 bits per heavy atom. The van der Waals surface area contributed by atoms with Crippen LogP contribution in [0.2, 0.25) is 0 Å². The number of nitrogens with zero attached hydrogens (tertiary/aromatic N) is 1. The van der Waals surface area contributed by atoms with E-state index in [1.54, 1.807) is 6.07 Å². The summed E-state index contributed by atoms with van der Waals surface area (Å²) >= 11 is 0. The molecule has 0 radical (unpaired) electrons. The van der Waals surface area contributed by atoms with Gasteiger partial charge in [0.1, 0.15) is 0 Å². The van der Waals surface area contributed by atoms with Crippen LogP contribution < -0.4 is 5.32 Å². The van der Waals surface area contributed by atoms with Gasteiger partial charge in [-0.1, -0.05) is 25.1 Å². The highest BCUT2D eigenvalue weighted by molar-refractivity contribution is 5.83. The van der Waals surface area contributed by atoms with Crippen LogP contribution in [0, 0.1) is 5.92 Å². The second-order valence-electron chi connectivity index (χ2n) is 6.70. The maximum atomic E-state index is 13.1. The molecule has 3 nitrogen and oxygen atoms in total. The van der Waals surface area contributed by atoms with Crippen molar-refractivity contribution in [2.75, 3.05) is 19.6 Å². The van der Waals surface area contributed by atoms with Gasteiger partial charge in [-0.05, 0) is 49.9 Å². The molecule has 1 N–H and O–H groups in total. The highest BCUT2D eigenvalue weighted by atomic mass is 19.4. The molecule has 1 aromatic rings. The Labute approximate surface area is 140 Å². The van der Waals surface area contributed by atoms with Gasteiger partial charge in [0.2, 0.25) is 5.91 Å². The lowest BCUT2D eigenvalue weighted by Gasteiger charge is -2.22. The summed E-state index contributed by atoms with van der Waals surface area (Å²) < 4.78 is 39.3. The van der Waals surface area contributed by atoms with Crippen molar-refractivity contribution < 1.29 is 18.0 Å². The quantitative estimate of drug-likeness (QED) is 0.891. The zero-order valence-corrected chi connectivity index (χ0v) is 13.8. The van der Waals surface area contributed by atoms with Crippen molar-refractivity contribution in [2.45, 2.75) is 44.3 Å². The molecular formula is C18H23F3N2O. The molecule has 0 spiro atoms. The monoisotopic (exact) mass is 340 g/mol. The third-order valence-electron chi connectivity index (χ3n) is 5.21. The van der Waals surface area contributed by atoms with Gasteiger partial charge in [0.15, 0.2) is 0 Å². The molecule has 1 heterocycles. The second kappa shape index (κ2) is 6.75. The van der Waals surface area contributed by atoms with Crippen LogP contribution in [0.25, 0.3) is 0 Å². The number of hydrogen-bond donors (Lipinski definition) is 1. The topological polar surface area (TPSA) is 32.3 Å². The van der Waals surface area contributed by atoms with Gasteiger partial charge in [0, 0.05) is 18.5 Å². The minimum atomic E-state index is -4.37. The Morgan fingerprint density at radius 2 is 2.08 bits per heavy atom. The summed E-state index contributed by atoms with van der Waals surface area (Å²) in [5.74, 6) is -0.751. The molecule has 0 bridgehead atoms. The summed E-state index contributed by atoms with van der Waals surface area (Å²) in [6.45, 7) is 4.72. The number of rotatable bonds is 5. The third kappa shape index (κ3) is 3.58. The smallest absolute Gasteiger partial charge is 0.354 e. The van der Waals surface area contributed by atoms with Gasteiger partial charge < -0.3 is 5.32 Å². The Hall–Kier alpha value is -1.56. The molecule has 3 atom stereocenters. The number of likely N-dealkylation sites (N-methyl/N-ethyl adjacent to an activating group) is 1. The molecule has 24 heavy (non-hydrogen) atoms. The molecule has 132 valence electrons. The third-order valence-corrected chi connectivity index (χ3v) is 5.21. The molecule has 1 saturated heterocycles. The van der Waals surface area contributed by atoms with Gasteiger partial charge in [-0.3, -0.25) is 9.69 Å². The minimum Gasteiger partial charge on any atom is -0.354 e. The van der Waals surface area contributed by atoms with Crippen molar-refractivity contribution in [3.63, 3.8) is 0 Å².